The smallest absolute Gasteiger partial charge is 0.241 e. The molecule has 2 N–H and O–H groups in total. The fourth-order valence-electron chi connectivity index (χ4n) is 2.84. The van der Waals surface area contributed by atoms with Crippen molar-refractivity contribution < 1.29 is 17.9 Å². The summed E-state index contributed by atoms with van der Waals surface area (Å²) in [6.45, 7) is 4.15. The van der Waals surface area contributed by atoms with E-state index in [-0.39, 0.29) is 22.9 Å². The number of rotatable bonds is 10. The molecule has 2 aromatic carbocycles. The molecule has 0 saturated heterocycles. The van der Waals surface area contributed by atoms with Crippen molar-refractivity contribution in [2.24, 2.45) is 0 Å². The Kier molecular flexibility index (Phi) is 8.17. The third-order valence-electron chi connectivity index (χ3n) is 4.33. The molecule has 7 heteroatoms. The minimum atomic E-state index is -3.62. The van der Waals surface area contributed by atoms with Gasteiger partial charge in [-0.15, -0.1) is 0 Å². The molecule has 2 rings (SSSR count). The van der Waals surface area contributed by atoms with Crippen LogP contribution in [0, 0.1) is 0 Å². The summed E-state index contributed by atoms with van der Waals surface area (Å²) in [4.78, 5) is 12.1. The topological polar surface area (TPSA) is 84.5 Å². The summed E-state index contributed by atoms with van der Waals surface area (Å²) in [5.74, 6) is -0.0559. The molecule has 0 unspecified atom stereocenters. The number of methoxy groups -OCH3 is 1. The number of ether oxygens (including phenoxy) is 1. The first kappa shape index (κ1) is 22.1. The van der Waals surface area contributed by atoms with Gasteiger partial charge in [-0.2, -0.15) is 0 Å². The van der Waals surface area contributed by atoms with Crippen LogP contribution in [-0.2, 0) is 26.0 Å². The largest absolute Gasteiger partial charge is 0.383 e. The van der Waals surface area contributed by atoms with Gasteiger partial charge in [0, 0.05) is 25.6 Å². The van der Waals surface area contributed by atoms with Crippen LogP contribution in [0.4, 0.5) is 0 Å². The number of carbonyl (C=O) groups is 1. The monoisotopic (exact) mass is 404 g/mol. The third kappa shape index (κ3) is 6.74. The van der Waals surface area contributed by atoms with Crippen LogP contribution >= 0.6 is 0 Å². The number of carbonyl (C=O) groups excluding carboxylic acids is 1. The van der Waals surface area contributed by atoms with Gasteiger partial charge in [0.1, 0.15) is 0 Å². The van der Waals surface area contributed by atoms with E-state index in [0.29, 0.717) is 19.4 Å². The summed E-state index contributed by atoms with van der Waals surface area (Å²) < 4.78 is 32.9. The second-order valence-electron chi connectivity index (χ2n) is 6.82. The molecule has 1 amide bonds. The predicted molar refractivity (Wildman–Crippen MR) is 109 cm³/mol. The molecule has 0 spiro atoms. The molecule has 2 atom stereocenters. The van der Waals surface area contributed by atoms with E-state index >= 15 is 0 Å². The van der Waals surface area contributed by atoms with Crippen LogP contribution in [0.15, 0.2) is 59.5 Å². The van der Waals surface area contributed by atoms with E-state index in [1.165, 1.54) is 0 Å². The lowest BCUT2D eigenvalue weighted by atomic mass is 10.1. The van der Waals surface area contributed by atoms with Gasteiger partial charge in [0.25, 0.3) is 0 Å². The highest BCUT2D eigenvalue weighted by molar-refractivity contribution is 7.89. The first-order valence-electron chi connectivity index (χ1n) is 9.26. The Morgan fingerprint density at radius 3 is 2.29 bits per heavy atom. The molecule has 0 heterocycles. The maximum atomic E-state index is 12.6. The van der Waals surface area contributed by atoms with Crippen molar-refractivity contribution in [3.05, 3.63) is 65.7 Å². The van der Waals surface area contributed by atoms with Gasteiger partial charge < -0.3 is 10.1 Å². The average molecular weight is 405 g/mol. The lowest BCUT2D eigenvalue weighted by Gasteiger charge is -2.15. The molecular formula is C21H28N2O4S. The first-order valence-corrected chi connectivity index (χ1v) is 10.7. The lowest BCUT2D eigenvalue weighted by molar-refractivity contribution is -0.122. The predicted octanol–water partition coefficient (Wildman–Crippen LogP) is 2.81. The summed E-state index contributed by atoms with van der Waals surface area (Å²) in [5.41, 5.74) is 1.81. The van der Waals surface area contributed by atoms with Crippen molar-refractivity contribution in [2.75, 3.05) is 13.7 Å². The Labute approximate surface area is 167 Å². The fraction of sp³-hybridized carbons (Fsp3) is 0.381. The van der Waals surface area contributed by atoms with Crippen LogP contribution in [-0.4, -0.2) is 34.1 Å². The minimum Gasteiger partial charge on any atom is -0.383 e. The van der Waals surface area contributed by atoms with Gasteiger partial charge in [-0.25, -0.2) is 13.1 Å². The van der Waals surface area contributed by atoms with Crippen molar-refractivity contribution in [3.8, 4) is 0 Å². The second kappa shape index (κ2) is 10.4. The van der Waals surface area contributed by atoms with Crippen LogP contribution in [0.5, 0.6) is 0 Å². The van der Waals surface area contributed by atoms with Gasteiger partial charge in [-0.05, 0) is 43.5 Å². The van der Waals surface area contributed by atoms with Crippen LogP contribution in [0.1, 0.15) is 37.4 Å². The molecule has 0 aliphatic heterocycles. The van der Waals surface area contributed by atoms with E-state index in [9.17, 15) is 13.2 Å². The van der Waals surface area contributed by atoms with Crippen LogP contribution < -0.4 is 10.0 Å². The summed E-state index contributed by atoms with van der Waals surface area (Å²) in [6.07, 6.45) is 0.878. The standard InChI is InChI=1S/C21H28N2O4S/c1-16(15-27-3)22-21(24)14-11-18-9-12-20(13-10-18)28(25,26)23-17(2)19-7-5-4-6-8-19/h4-10,12-13,16-17,23H,11,14-15H2,1-3H3,(H,22,24)/t16-,17-/m1/s1. The maximum Gasteiger partial charge on any atom is 0.241 e. The third-order valence-corrected chi connectivity index (χ3v) is 5.89. The molecule has 0 saturated carbocycles. The van der Waals surface area contributed by atoms with E-state index in [1.54, 1.807) is 31.4 Å². The van der Waals surface area contributed by atoms with Gasteiger partial charge in [-0.3, -0.25) is 4.79 Å². The SMILES string of the molecule is COC[C@@H](C)NC(=O)CCc1ccc(S(=O)(=O)N[C@H](C)c2ccccc2)cc1. The second-order valence-corrected chi connectivity index (χ2v) is 8.54. The molecule has 0 aliphatic carbocycles. The Bertz CT molecular complexity index is 852. The highest BCUT2D eigenvalue weighted by Gasteiger charge is 2.18. The number of nitrogens with one attached hydrogen (secondary N) is 2. The Morgan fingerprint density at radius 1 is 1.04 bits per heavy atom. The summed E-state index contributed by atoms with van der Waals surface area (Å²) in [7, 11) is -2.03. The lowest BCUT2D eigenvalue weighted by Crippen LogP contribution is -2.35. The normalized spacial score (nSPS) is 13.7. The van der Waals surface area contributed by atoms with Gasteiger partial charge >= 0.3 is 0 Å². The molecule has 0 radical (unpaired) electrons. The van der Waals surface area contributed by atoms with Gasteiger partial charge in [0.15, 0.2) is 0 Å². The van der Waals surface area contributed by atoms with E-state index in [0.717, 1.165) is 11.1 Å². The van der Waals surface area contributed by atoms with Crippen molar-refractivity contribution >= 4 is 15.9 Å². The zero-order valence-electron chi connectivity index (χ0n) is 16.5. The molecular weight excluding hydrogens is 376 g/mol. The first-order chi connectivity index (χ1) is 13.3. The number of aryl methyl sites for hydroxylation is 1. The minimum absolute atomic E-state index is 0.0392. The Morgan fingerprint density at radius 2 is 1.68 bits per heavy atom. The van der Waals surface area contributed by atoms with Gasteiger partial charge in [-0.1, -0.05) is 42.5 Å². The summed E-state index contributed by atoms with van der Waals surface area (Å²) >= 11 is 0. The fourth-order valence-corrected chi connectivity index (χ4v) is 4.07. The summed E-state index contributed by atoms with van der Waals surface area (Å²) in [5, 5.41) is 2.85. The van der Waals surface area contributed by atoms with Crippen molar-refractivity contribution in [1.29, 1.82) is 0 Å². The van der Waals surface area contributed by atoms with Crippen molar-refractivity contribution in [1.82, 2.24) is 10.0 Å². The number of amides is 1. The molecule has 0 bridgehead atoms. The number of sulfonamides is 1. The van der Waals surface area contributed by atoms with Gasteiger partial charge in [0.05, 0.1) is 11.5 Å². The summed E-state index contributed by atoms with van der Waals surface area (Å²) in [6, 6.07) is 15.7. The highest BCUT2D eigenvalue weighted by atomic mass is 32.2. The molecule has 6 nitrogen and oxygen atoms in total. The molecule has 0 aromatic heterocycles. The van der Waals surface area contributed by atoms with Crippen LogP contribution in [0.2, 0.25) is 0 Å². The van der Waals surface area contributed by atoms with Crippen LogP contribution in [0.25, 0.3) is 0 Å². The Hall–Kier alpha value is -2.22. The van der Waals surface area contributed by atoms with Crippen molar-refractivity contribution in [2.45, 2.75) is 43.7 Å². The average Bonchev–Trinajstić information content (AvgIpc) is 2.67. The number of hydrogen-bond donors (Lipinski definition) is 2. The van der Waals surface area contributed by atoms with Gasteiger partial charge in [0.2, 0.25) is 15.9 Å². The molecule has 0 aliphatic rings. The van der Waals surface area contributed by atoms with Crippen molar-refractivity contribution in [3.63, 3.8) is 0 Å². The zero-order valence-corrected chi connectivity index (χ0v) is 17.3. The van der Waals surface area contributed by atoms with E-state index in [4.69, 9.17) is 4.74 Å². The maximum absolute atomic E-state index is 12.6. The highest BCUT2D eigenvalue weighted by Crippen LogP contribution is 2.17. The number of benzene rings is 2. The Balaban J connectivity index is 1.93. The number of hydrogen-bond acceptors (Lipinski definition) is 4. The van der Waals surface area contributed by atoms with Crippen LogP contribution in [0.3, 0.4) is 0 Å². The molecule has 0 fully saturated rings. The zero-order chi connectivity index (χ0) is 20.6. The quantitative estimate of drug-likeness (QED) is 0.638. The molecule has 28 heavy (non-hydrogen) atoms. The molecule has 152 valence electrons. The van der Waals surface area contributed by atoms with E-state index in [2.05, 4.69) is 10.0 Å². The van der Waals surface area contributed by atoms with E-state index in [1.807, 2.05) is 44.2 Å². The van der Waals surface area contributed by atoms with E-state index < -0.39 is 10.0 Å². The molecule has 2 aromatic rings.